The molecule has 0 saturated heterocycles. The van der Waals surface area contributed by atoms with Crippen molar-refractivity contribution in [1.29, 1.82) is 5.26 Å². The standard InChI is InChI=1S/C16H11F6N3O2/c1-7-10(16(20,21)22)3-9(15(17,18)19)4-11(7)25-6-8(5-23)12(24)13(25)14(26)27-2/h3-4,6H,24H2,1-2H3. The molecule has 0 fully saturated rings. The first-order valence-electron chi connectivity index (χ1n) is 7.11. The lowest BCUT2D eigenvalue weighted by Crippen LogP contribution is -2.17. The number of anilines is 1. The molecule has 1 aromatic heterocycles. The van der Waals surface area contributed by atoms with Gasteiger partial charge in [0, 0.05) is 6.20 Å². The largest absolute Gasteiger partial charge is 0.464 e. The highest BCUT2D eigenvalue weighted by atomic mass is 19.4. The highest BCUT2D eigenvalue weighted by Crippen LogP contribution is 2.40. The van der Waals surface area contributed by atoms with E-state index in [1.807, 2.05) is 0 Å². The number of carbonyl (C=O) groups excluding carboxylic acids is 1. The van der Waals surface area contributed by atoms with Crippen LogP contribution in [0.5, 0.6) is 0 Å². The molecule has 5 nitrogen and oxygen atoms in total. The zero-order valence-corrected chi connectivity index (χ0v) is 13.8. The van der Waals surface area contributed by atoms with E-state index in [-0.39, 0.29) is 11.6 Å². The second-order valence-corrected chi connectivity index (χ2v) is 5.44. The molecule has 2 rings (SSSR count). The number of nitrogen functional groups attached to an aromatic ring is 1. The number of methoxy groups -OCH3 is 1. The van der Waals surface area contributed by atoms with Crippen LogP contribution in [0.2, 0.25) is 0 Å². The molecule has 11 heteroatoms. The lowest BCUT2D eigenvalue weighted by molar-refractivity contribution is -0.143. The molecule has 0 spiro atoms. The Morgan fingerprint density at radius 1 is 1.19 bits per heavy atom. The molecular weight excluding hydrogens is 380 g/mol. The van der Waals surface area contributed by atoms with Gasteiger partial charge in [0.1, 0.15) is 6.07 Å². The predicted octanol–water partition coefficient (Wildman–Crippen LogP) is 4.06. The molecule has 0 aliphatic rings. The van der Waals surface area contributed by atoms with Crippen molar-refractivity contribution in [3.05, 3.63) is 46.3 Å². The summed E-state index contributed by atoms with van der Waals surface area (Å²) in [6.45, 7) is 0.946. The van der Waals surface area contributed by atoms with Gasteiger partial charge >= 0.3 is 18.3 Å². The van der Waals surface area contributed by atoms with Crippen LogP contribution >= 0.6 is 0 Å². The summed E-state index contributed by atoms with van der Waals surface area (Å²) in [5, 5.41) is 9.04. The topological polar surface area (TPSA) is 81.0 Å². The van der Waals surface area contributed by atoms with E-state index in [1.165, 1.54) is 0 Å². The van der Waals surface area contributed by atoms with Crippen molar-refractivity contribution < 1.29 is 35.9 Å². The zero-order chi connectivity index (χ0) is 20.7. The third kappa shape index (κ3) is 3.55. The maximum absolute atomic E-state index is 13.2. The van der Waals surface area contributed by atoms with Crippen molar-refractivity contribution in [2.24, 2.45) is 0 Å². The van der Waals surface area contributed by atoms with Crippen LogP contribution in [0.25, 0.3) is 5.69 Å². The van der Waals surface area contributed by atoms with E-state index < -0.39 is 52.1 Å². The predicted molar refractivity (Wildman–Crippen MR) is 81.0 cm³/mol. The Hall–Kier alpha value is -3.16. The molecule has 0 aliphatic heterocycles. The van der Waals surface area contributed by atoms with Crippen molar-refractivity contribution in [2.45, 2.75) is 19.3 Å². The Bertz CT molecular complexity index is 951. The maximum atomic E-state index is 13.2. The molecule has 2 aromatic rings. The monoisotopic (exact) mass is 391 g/mol. The van der Waals surface area contributed by atoms with E-state index in [0.29, 0.717) is 10.6 Å². The number of aromatic nitrogens is 1. The van der Waals surface area contributed by atoms with E-state index in [1.54, 1.807) is 6.07 Å². The van der Waals surface area contributed by atoms with Gasteiger partial charge in [-0.3, -0.25) is 0 Å². The number of carbonyl (C=O) groups is 1. The molecule has 0 amide bonds. The van der Waals surface area contributed by atoms with Crippen LogP contribution in [0.4, 0.5) is 32.0 Å². The van der Waals surface area contributed by atoms with E-state index in [2.05, 4.69) is 4.74 Å². The van der Waals surface area contributed by atoms with Gasteiger partial charge in [0.25, 0.3) is 0 Å². The van der Waals surface area contributed by atoms with Gasteiger partial charge in [-0.2, -0.15) is 31.6 Å². The molecule has 0 radical (unpaired) electrons. The lowest BCUT2D eigenvalue weighted by atomic mass is 10.0. The van der Waals surface area contributed by atoms with Crippen LogP contribution in [-0.2, 0) is 17.1 Å². The number of rotatable bonds is 2. The molecular formula is C16H11F6N3O2. The first kappa shape index (κ1) is 20.2. The molecule has 0 bridgehead atoms. The highest BCUT2D eigenvalue weighted by Gasteiger charge is 2.39. The number of benzene rings is 1. The van der Waals surface area contributed by atoms with Crippen molar-refractivity contribution in [2.75, 3.05) is 12.8 Å². The molecule has 27 heavy (non-hydrogen) atoms. The summed E-state index contributed by atoms with van der Waals surface area (Å²) < 4.78 is 84.2. The molecule has 1 heterocycles. The van der Waals surface area contributed by atoms with Gasteiger partial charge in [-0.05, 0) is 24.6 Å². The van der Waals surface area contributed by atoms with Gasteiger partial charge in [0.05, 0.1) is 35.2 Å². The third-order valence-electron chi connectivity index (χ3n) is 3.82. The maximum Gasteiger partial charge on any atom is 0.416 e. The number of ether oxygens (including phenoxy) is 1. The third-order valence-corrected chi connectivity index (χ3v) is 3.82. The summed E-state index contributed by atoms with van der Waals surface area (Å²) in [6, 6.07) is 2.04. The summed E-state index contributed by atoms with van der Waals surface area (Å²) in [6.07, 6.45) is -9.28. The number of halogens is 6. The van der Waals surface area contributed by atoms with Crippen LogP contribution in [0.3, 0.4) is 0 Å². The molecule has 1 aromatic carbocycles. The van der Waals surface area contributed by atoms with Gasteiger partial charge in [-0.15, -0.1) is 0 Å². The number of nitriles is 1. The smallest absolute Gasteiger partial charge is 0.416 e. The van der Waals surface area contributed by atoms with E-state index >= 15 is 0 Å². The number of nitrogens with zero attached hydrogens (tertiary/aromatic N) is 2. The molecule has 0 saturated carbocycles. The molecule has 144 valence electrons. The van der Waals surface area contributed by atoms with E-state index in [4.69, 9.17) is 11.0 Å². The second kappa shape index (κ2) is 6.53. The minimum absolute atomic E-state index is 0.0191. The Labute approximate surface area is 148 Å². The van der Waals surface area contributed by atoms with Crippen molar-refractivity contribution in [3.8, 4) is 11.8 Å². The average Bonchev–Trinajstić information content (AvgIpc) is 2.88. The van der Waals surface area contributed by atoms with Crippen molar-refractivity contribution in [3.63, 3.8) is 0 Å². The second-order valence-electron chi connectivity index (χ2n) is 5.44. The number of nitrogens with two attached hydrogens (primary N) is 1. The molecule has 0 atom stereocenters. The van der Waals surface area contributed by atoms with Crippen LogP contribution in [0.1, 0.15) is 32.7 Å². The van der Waals surface area contributed by atoms with Gasteiger partial charge in [-0.1, -0.05) is 0 Å². The normalized spacial score (nSPS) is 12.0. The number of esters is 1. The molecule has 2 N–H and O–H groups in total. The zero-order valence-electron chi connectivity index (χ0n) is 13.8. The fourth-order valence-electron chi connectivity index (χ4n) is 2.51. The first-order valence-corrected chi connectivity index (χ1v) is 7.11. The Morgan fingerprint density at radius 3 is 2.22 bits per heavy atom. The van der Waals surface area contributed by atoms with Gasteiger partial charge in [0.15, 0.2) is 5.69 Å². The quantitative estimate of drug-likeness (QED) is 0.618. The highest BCUT2D eigenvalue weighted by molar-refractivity contribution is 5.96. The van der Waals surface area contributed by atoms with Gasteiger partial charge in [-0.25, -0.2) is 4.79 Å². The summed E-state index contributed by atoms with van der Waals surface area (Å²) in [4.78, 5) is 12.0. The Balaban J connectivity index is 2.95. The molecule has 0 aliphatic carbocycles. The van der Waals surface area contributed by atoms with Crippen molar-refractivity contribution in [1.82, 2.24) is 4.57 Å². The lowest BCUT2D eigenvalue weighted by Gasteiger charge is -2.19. The fourth-order valence-corrected chi connectivity index (χ4v) is 2.51. The fraction of sp³-hybridized carbons (Fsp3) is 0.250. The van der Waals surface area contributed by atoms with Crippen molar-refractivity contribution >= 4 is 11.7 Å². The van der Waals surface area contributed by atoms with Gasteiger partial charge < -0.3 is 15.0 Å². The van der Waals surface area contributed by atoms with Gasteiger partial charge in [0.2, 0.25) is 0 Å². The Morgan fingerprint density at radius 2 is 1.78 bits per heavy atom. The van der Waals surface area contributed by atoms with Crippen LogP contribution in [0, 0.1) is 18.3 Å². The number of hydrogen-bond donors (Lipinski definition) is 1. The van der Waals surface area contributed by atoms with Crippen LogP contribution in [0.15, 0.2) is 18.3 Å². The summed E-state index contributed by atoms with van der Waals surface area (Å²) >= 11 is 0. The van der Waals surface area contributed by atoms with E-state index in [0.717, 1.165) is 20.2 Å². The SMILES string of the molecule is COC(=O)c1c(N)c(C#N)cn1-c1cc(C(F)(F)F)cc(C(F)(F)F)c1C. The first-order chi connectivity index (χ1) is 12.3. The van der Waals surface area contributed by atoms with E-state index in [9.17, 15) is 31.1 Å². The minimum Gasteiger partial charge on any atom is -0.464 e. The van der Waals surface area contributed by atoms with Crippen LogP contribution < -0.4 is 5.73 Å². The number of alkyl halides is 6. The summed E-state index contributed by atoms with van der Waals surface area (Å²) in [7, 11) is 0.950. The number of hydrogen-bond acceptors (Lipinski definition) is 4. The summed E-state index contributed by atoms with van der Waals surface area (Å²) in [5.74, 6) is -1.13. The minimum atomic E-state index is -5.08. The molecule has 0 unspecified atom stereocenters. The summed E-state index contributed by atoms with van der Waals surface area (Å²) in [5.41, 5.74) is 0.0653. The van der Waals surface area contributed by atoms with Crippen LogP contribution in [-0.4, -0.2) is 17.6 Å². The Kier molecular flexibility index (Phi) is 4.88. The average molecular weight is 391 g/mol.